The minimum atomic E-state index is 0. The summed E-state index contributed by atoms with van der Waals surface area (Å²) < 4.78 is 7.03. The van der Waals surface area contributed by atoms with Crippen molar-refractivity contribution in [2.24, 2.45) is 0 Å². The predicted molar refractivity (Wildman–Crippen MR) is 79.0 cm³/mol. The molecule has 1 aromatic carbocycles. The van der Waals surface area contributed by atoms with Gasteiger partial charge in [0.15, 0.2) is 0 Å². The summed E-state index contributed by atoms with van der Waals surface area (Å²) in [5.74, 6) is 0. The zero-order chi connectivity index (χ0) is 12.9. The van der Waals surface area contributed by atoms with Crippen molar-refractivity contribution in [3.63, 3.8) is 0 Å². The molecule has 0 fully saturated rings. The maximum absolute atomic E-state index is 5.67. The summed E-state index contributed by atoms with van der Waals surface area (Å²) in [4.78, 5) is 0. The number of hydrogen-bond acceptors (Lipinski definition) is 1. The Labute approximate surface area is 141 Å². The number of unbranched alkanes of at least 4 members (excludes halogenated alkanes) is 6. The Balaban J connectivity index is 0.00000324. The van der Waals surface area contributed by atoms with Gasteiger partial charge in [0.2, 0.25) is 0 Å². The minimum Gasteiger partial charge on any atom is -0.0622 e. The van der Waals surface area contributed by atoms with Crippen LogP contribution in [-0.2, 0) is 11.3 Å². The van der Waals surface area contributed by atoms with Gasteiger partial charge < -0.3 is 17.0 Å². The van der Waals surface area contributed by atoms with Crippen molar-refractivity contribution in [3.05, 3.63) is 35.9 Å². The van der Waals surface area contributed by atoms with Crippen molar-refractivity contribution in [1.82, 2.24) is 0 Å². The van der Waals surface area contributed by atoms with E-state index in [2.05, 4.69) is 46.0 Å². The molecule has 104 valence electrons. The van der Waals surface area contributed by atoms with Crippen molar-refractivity contribution in [3.8, 4) is 0 Å². The summed E-state index contributed by atoms with van der Waals surface area (Å²) in [5.41, 5.74) is 1.28. The van der Waals surface area contributed by atoms with E-state index in [0.29, 0.717) is 0 Å². The second kappa shape index (κ2) is 14.8. The summed E-state index contributed by atoms with van der Waals surface area (Å²) in [6, 6.07) is 10.4. The predicted octanol–water partition coefficient (Wildman–Crippen LogP) is 1.52. The van der Waals surface area contributed by atoms with Gasteiger partial charge in [-0.15, -0.1) is 0 Å². The molecule has 1 aromatic rings. The average molecular weight is 338 g/mol. The van der Waals surface area contributed by atoms with Gasteiger partial charge in [-0.05, 0) is 0 Å². The molecule has 1 nitrogen and oxygen atoms in total. The first kappa shape index (κ1) is 19.4. The van der Waals surface area contributed by atoms with Crippen LogP contribution < -0.4 is 17.0 Å². The molecule has 0 atom stereocenters. The van der Waals surface area contributed by atoms with E-state index < -0.39 is 0 Å². The fraction of sp³-hybridized carbons (Fsp3) is 0.625. The van der Waals surface area contributed by atoms with E-state index in [1.807, 2.05) is 6.07 Å². The van der Waals surface area contributed by atoms with Crippen LogP contribution in [0.1, 0.15) is 50.5 Å². The molecule has 0 spiro atoms. The van der Waals surface area contributed by atoms with Gasteiger partial charge in [-0.3, -0.25) is 0 Å². The smallest absolute Gasteiger partial charge is 0.0622 e. The van der Waals surface area contributed by atoms with E-state index in [4.69, 9.17) is 4.74 Å². The van der Waals surface area contributed by atoms with E-state index in [1.165, 1.54) is 55.1 Å². The number of rotatable bonds is 11. The molecule has 0 unspecified atom stereocenters. The van der Waals surface area contributed by atoms with E-state index in [-0.39, 0.29) is 17.0 Å². The zero-order valence-corrected chi connectivity index (χ0v) is 15.0. The molecular formula is C16H25BrMgO. The Morgan fingerprint density at radius 3 is 2.00 bits per heavy atom. The van der Waals surface area contributed by atoms with Gasteiger partial charge >= 0.3 is 94.7 Å². The number of ether oxygens (including phenoxy) is 1. The molecule has 1 rings (SSSR count). The van der Waals surface area contributed by atoms with Gasteiger partial charge in [0.25, 0.3) is 0 Å². The molecule has 0 aliphatic carbocycles. The van der Waals surface area contributed by atoms with E-state index in [0.717, 1.165) is 13.2 Å². The Bertz CT molecular complexity index is 279. The molecule has 0 saturated heterocycles. The average Bonchev–Trinajstić information content (AvgIpc) is 2.42. The summed E-state index contributed by atoms with van der Waals surface area (Å²) in [6.07, 6.45) is 9.57. The summed E-state index contributed by atoms with van der Waals surface area (Å²) in [6.45, 7) is 1.67. The van der Waals surface area contributed by atoms with Gasteiger partial charge in [-0.2, -0.15) is 0 Å². The van der Waals surface area contributed by atoms with Crippen molar-refractivity contribution in [2.45, 2.75) is 56.1 Å². The second-order valence-corrected chi connectivity index (χ2v) is 5.57. The molecule has 0 heterocycles. The number of benzene rings is 1. The number of halogens is 1. The van der Waals surface area contributed by atoms with Crippen molar-refractivity contribution >= 4 is 21.7 Å². The van der Waals surface area contributed by atoms with Crippen LogP contribution in [0.4, 0.5) is 0 Å². The van der Waals surface area contributed by atoms with Crippen LogP contribution in [0.25, 0.3) is 0 Å². The third kappa shape index (κ3) is 11.9. The molecule has 0 amide bonds. The van der Waals surface area contributed by atoms with E-state index in [1.54, 1.807) is 0 Å². The van der Waals surface area contributed by atoms with E-state index >= 15 is 0 Å². The van der Waals surface area contributed by atoms with Crippen molar-refractivity contribution in [1.29, 1.82) is 0 Å². The van der Waals surface area contributed by atoms with Crippen LogP contribution in [0.2, 0.25) is 4.55 Å². The fourth-order valence-electron chi connectivity index (χ4n) is 2.03. The van der Waals surface area contributed by atoms with Crippen molar-refractivity contribution < 1.29 is 21.7 Å². The third-order valence-corrected chi connectivity index (χ3v) is 3.65. The van der Waals surface area contributed by atoms with Gasteiger partial charge in [-0.1, -0.05) is 30.3 Å². The third-order valence-electron chi connectivity index (χ3n) is 3.15. The van der Waals surface area contributed by atoms with Crippen LogP contribution in [0.5, 0.6) is 0 Å². The molecule has 3 heteroatoms. The van der Waals surface area contributed by atoms with Gasteiger partial charge in [0.05, 0.1) is 0 Å². The first-order valence-corrected chi connectivity index (χ1v) is 8.34. The first-order chi connectivity index (χ1) is 8.93. The minimum absolute atomic E-state index is 0. The van der Waals surface area contributed by atoms with Gasteiger partial charge in [-0.25, -0.2) is 0 Å². The van der Waals surface area contributed by atoms with Crippen molar-refractivity contribution in [2.75, 3.05) is 6.61 Å². The van der Waals surface area contributed by atoms with Crippen LogP contribution >= 0.6 is 0 Å². The normalized spacial score (nSPS) is 10.2. The van der Waals surface area contributed by atoms with Crippen LogP contribution in [0.15, 0.2) is 30.3 Å². The SMILES string of the molecule is [Br-].[Mg+][CH2]CCCCCCCCOCc1ccccc1. The molecular weight excluding hydrogens is 312 g/mol. The quantitative estimate of drug-likeness (QED) is 0.439. The summed E-state index contributed by atoms with van der Waals surface area (Å²) in [5, 5.41) is 0. The van der Waals surface area contributed by atoms with E-state index in [9.17, 15) is 0 Å². The molecule has 0 aromatic heterocycles. The van der Waals surface area contributed by atoms with Crippen LogP contribution in [0, 0.1) is 0 Å². The molecule has 0 saturated carbocycles. The Morgan fingerprint density at radius 1 is 0.789 bits per heavy atom. The fourth-order valence-corrected chi connectivity index (χ4v) is 2.38. The Kier molecular flexibility index (Phi) is 15.2. The monoisotopic (exact) mass is 336 g/mol. The first-order valence-electron chi connectivity index (χ1n) is 7.34. The second-order valence-electron chi connectivity index (χ2n) is 4.87. The topological polar surface area (TPSA) is 9.23 Å². The molecule has 0 aliphatic heterocycles. The summed E-state index contributed by atoms with van der Waals surface area (Å²) >= 11 is 2.09. The van der Waals surface area contributed by atoms with Gasteiger partial charge in [0.1, 0.15) is 0 Å². The Morgan fingerprint density at radius 2 is 1.37 bits per heavy atom. The molecule has 0 bridgehead atoms. The van der Waals surface area contributed by atoms with Gasteiger partial charge in [0, 0.05) is 0 Å². The van der Waals surface area contributed by atoms with Crippen LogP contribution in [0.3, 0.4) is 0 Å². The zero-order valence-electron chi connectivity index (χ0n) is 12.0. The van der Waals surface area contributed by atoms with Crippen LogP contribution in [-0.4, -0.2) is 28.3 Å². The summed E-state index contributed by atoms with van der Waals surface area (Å²) in [7, 11) is 0. The molecule has 0 aliphatic rings. The molecule has 0 N–H and O–H groups in total. The Hall–Kier alpha value is 0.426. The molecule has 0 radical (unpaired) electrons. The maximum atomic E-state index is 5.67. The molecule has 19 heavy (non-hydrogen) atoms. The standard InChI is InChI=1S/C16H25O.BrH.Mg/c1-2-3-4-5-6-7-11-14-17-15-16-12-9-8-10-13-16;;/h8-10,12-13H,1-7,11,14-15H2;1H;/q;;+1/p-1. The number of hydrogen-bond donors (Lipinski definition) is 0.